The lowest BCUT2D eigenvalue weighted by molar-refractivity contribution is 0.0847. The van der Waals surface area contributed by atoms with Crippen LogP contribution in [0.2, 0.25) is 5.02 Å². The first-order chi connectivity index (χ1) is 14.0. The van der Waals surface area contributed by atoms with Crippen molar-refractivity contribution in [2.45, 2.75) is 6.61 Å². The van der Waals surface area contributed by atoms with E-state index < -0.39 is 0 Å². The summed E-state index contributed by atoms with van der Waals surface area (Å²) < 4.78 is 17.6. The van der Waals surface area contributed by atoms with Crippen LogP contribution < -0.4 is 14.8 Å². The molecule has 0 amide bonds. The maximum Gasteiger partial charge on any atom is 0.227 e. The topological polar surface area (TPSA) is 100 Å². The molecule has 29 heavy (non-hydrogen) atoms. The SMILES string of the molecule is COCC(=O)c1cc(COc2cnc(Nc3cnn(C)c3)nc2)c(Cl)c(OC)c1. The van der Waals surface area contributed by atoms with Crippen LogP contribution >= 0.6 is 11.6 Å². The number of Topliss-reactive ketones (excluding diaryl/α,β-unsaturated/α-hetero) is 1. The summed E-state index contributed by atoms with van der Waals surface area (Å²) in [5.41, 5.74) is 1.81. The van der Waals surface area contributed by atoms with E-state index in [1.54, 1.807) is 29.2 Å². The standard InChI is InChI=1S/C19H20ClN5O4/c1-25-9-14(6-23-25)24-19-21-7-15(8-22-19)29-10-13-4-12(16(26)11-27-2)5-17(28-3)18(13)20/h4-9H,10-11H2,1-3H3,(H,21,22,24). The predicted octanol–water partition coefficient (Wildman–Crippen LogP) is 3.02. The number of rotatable bonds is 9. The Bertz CT molecular complexity index is 991. The molecule has 1 N–H and O–H groups in total. The molecule has 0 aliphatic rings. The Kier molecular flexibility index (Phi) is 6.63. The molecule has 3 aromatic rings. The Hall–Kier alpha value is -3.17. The van der Waals surface area contributed by atoms with Crippen LogP contribution in [0.25, 0.3) is 0 Å². The van der Waals surface area contributed by atoms with Crippen molar-refractivity contribution < 1.29 is 19.0 Å². The van der Waals surface area contributed by atoms with Crippen LogP contribution in [-0.2, 0) is 18.4 Å². The number of hydrogen-bond acceptors (Lipinski definition) is 8. The molecule has 2 heterocycles. The number of ketones is 1. The Labute approximate surface area is 172 Å². The van der Waals surface area contributed by atoms with Gasteiger partial charge in [-0.15, -0.1) is 0 Å². The minimum atomic E-state index is -0.183. The highest BCUT2D eigenvalue weighted by Gasteiger charge is 2.15. The summed E-state index contributed by atoms with van der Waals surface area (Å²) in [5, 5.41) is 7.47. The number of nitrogens with one attached hydrogen (secondary N) is 1. The highest BCUT2D eigenvalue weighted by atomic mass is 35.5. The summed E-state index contributed by atoms with van der Waals surface area (Å²) in [6.45, 7) is 0.0758. The molecule has 0 fully saturated rings. The maximum atomic E-state index is 12.1. The van der Waals surface area contributed by atoms with E-state index in [-0.39, 0.29) is 19.0 Å². The van der Waals surface area contributed by atoms with Gasteiger partial charge < -0.3 is 19.5 Å². The first-order valence-electron chi connectivity index (χ1n) is 8.59. The van der Waals surface area contributed by atoms with Gasteiger partial charge in [0, 0.05) is 31.5 Å². The van der Waals surface area contributed by atoms with E-state index in [0.29, 0.717) is 33.6 Å². The zero-order valence-corrected chi connectivity index (χ0v) is 16.9. The third kappa shape index (κ3) is 5.21. The second kappa shape index (κ2) is 9.35. The summed E-state index contributed by atoms with van der Waals surface area (Å²) in [7, 11) is 4.76. The van der Waals surface area contributed by atoms with E-state index in [2.05, 4.69) is 20.4 Å². The van der Waals surface area contributed by atoms with E-state index >= 15 is 0 Å². The summed E-state index contributed by atoms with van der Waals surface area (Å²) >= 11 is 6.35. The number of halogens is 1. The Morgan fingerprint density at radius 3 is 2.59 bits per heavy atom. The molecule has 0 bridgehead atoms. The molecule has 9 nitrogen and oxygen atoms in total. The lowest BCUT2D eigenvalue weighted by atomic mass is 10.1. The maximum absolute atomic E-state index is 12.1. The number of aromatic nitrogens is 4. The van der Waals surface area contributed by atoms with Crippen molar-refractivity contribution in [2.24, 2.45) is 7.05 Å². The van der Waals surface area contributed by atoms with Crippen LogP contribution in [0.3, 0.4) is 0 Å². The van der Waals surface area contributed by atoms with Crippen molar-refractivity contribution in [3.8, 4) is 11.5 Å². The quantitative estimate of drug-likeness (QED) is 0.530. The Morgan fingerprint density at radius 1 is 1.21 bits per heavy atom. The predicted molar refractivity (Wildman–Crippen MR) is 107 cm³/mol. The molecule has 0 saturated carbocycles. The number of aryl methyl sites for hydroxylation is 1. The van der Waals surface area contributed by atoms with Crippen LogP contribution in [0.1, 0.15) is 15.9 Å². The van der Waals surface area contributed by atoms with Crippen LogP contribution in [0.15, 0.2) is 36.9 Å². The minimum Gasteiger partial charge on any atom is -0.495 e. The highest BCUT2D eigenvalue weighted by Crippen LogP contribution is 2.31. The van der Waals surface area contributed by atoms with Gasteiger partial charge in [0.2, 0.25) is 5.95 Å². The third-order valence-electron chi connectivity index (χ3n) is 3.92. The smallest absolute Gasteiger partial charge is 0.227 e. The minimum absolute atomic E-state index is 0.0374. The number of carbonyl (C=O) groups is 1. The molecule has 10 heteroatoms. The van der Waals surface area contributed by atoms with Gasteiger partial charge >= 0.3 is 0 Å². The number of benzene rings is 1. The Morgan fingerprint density at radius 2 is 1.97 bits per heavy atom. The van der Waals surface area contributed by atoms with Crippen molar-refractivity contribution in [1.82, 2.24) is 19.7 Å². The van der Waals surface area contributed by atoms with Gasteiger partial charge in [-0.05, 0) is 12.1 Å². The molecule has 0 unspecified atom stereocenters. The average molecular weight is 418 g/mol. The molecule has 0 aliphatic carbocycles. The van der Waals surface area contributed by atoms with Gasteiger partial charge in [0.05, 0.1) is 36.4 Å². The van der Waals surface area contributed by atoms with Gasteiger partial charge in [0.25, 0.3) is 0 Å². The molecule has 0 spiro atoms. The van der Waals surface area contributed by atoms with Gasteiger partial charge in [-0.3, -0.25) is 9.48 Å². The second-order valence-electron chi connectivity index (χ2n) is 6.07. The van der Waals surface area contributed by atoms with E-state index in [1.165, 1.54) is 26.6 Å². The van der Waals surface area contributed by atoms with Crippen LogP contribution in [0.4, 0.5) is 11.6 Å². The van der Waals surface area contributed by atoms with Crippen molar-refractivity contribution in [3.05, 3.63) is 53.1 Å². The molecule has 0 radical (unpaired) electrons. The van der Waals surface area contributed by atoms with Crippen molar-refractivity contribution >= 4 is 29.0 Å². The summed E-state index contributed by atoms with van der Waals surface area (Å²) in [5.74, 6) is 1.07. The summed E-state index contributed by atoms with van der Waals surface area (Å²) in [6, 6.07) is 3.24. The van der Waals surface area contributed by atoms with Crippen LogP contribution in [0, 0.1) is 0 Å². The van der Waals surface area contributed by atoms with Crippen LogP contribution in [0.5, 0.6) is 11.5 Å². The zero-order chi connectivity index (χ0) is 20.8. The fraction of sp³-hybridized carbons (Fsp3) is 0.263. The average Bonchev–Trinajstić information content (AvgIpc) is 3.13. The fourth-order valence-corrected chi connectivity index (χ4v) is 2.76. The second-order valence-corrected chi connectivity index (χ2v) is 6.44. The number of carbonyl (C=O) groups excluding carboxylic acids is 1. The number of methoxy groups -OCH3 is 2. The van der Waals surface area contributed by atoms with Crippen molar-refractivity contribution in [2.75, 3.05) is 26.1 Å². The van der Waals surface area contributed by atoms with Gasteiger partial charge in [-0.25, -0.2) is 9.97 Å². The monoisotopic (exact) mass is 417 g/mol. The highest BCUT2D eigenvalue weighted by molar-refractivity contribution is 6.33. The molecule has 3 rings (SSSR count). The normalized spacial score (nSPS) is 10.6. The molecule has 152 valence electrons. The molecule has 0 atom stereocenters. The lowest BCUT2D eigenvalue weighted by Gasteiger charge is -2.13. The molecular weight excluding hydrogens is 398 g/mol. The molecule has 0 saturated heterocycles. The van der Waals surface area contributed by atoms with Crippen molar-refractivity contribution in [3.63, 3.8) is 0 Å². The van der Waals surface area contributed by atoms with Crippen LogP contribution in [-0.4, -0.2) is 46.4 Å². The number of hydrogen-bond donors (Lipinski definition) is 1. The first kappa shape index (κ1) is 20.6. The summed E-state index contributed by atoms with van der Waals surface area (Å²) in [4.78, 5) is 20.6. The van der Waals surface area contributed by atoms with Gasteiger partial charge in [-0.2, -0.15) is 5.10 Å². The molecular formula is C19H20ClN5O4. The van der Waals surface area contributed by atoms with E-state index in [1.807, 2.05) is 7.05 Å². The van der Waals surface area contributed by atoms with E-state index in [0.717, 1.165) is 5.69 Å². The lowest BCUT2D eigenvalue weighted by Crippen LogP contribution is -2.09. The largest absolute Gasteiger partial charge is 0.495 e. The number of nitrogens with zero attached hydrogens (tertiary/aromatic N) is 4. The Balaban J connectivity index is 1.70. The van der Waals surface area contributed by atoms with E-state index in [4.69, 9.17) is 25.8 Å². The van der Waals surface area contributed by atoms with Gasteiger partial charge in [-0.1, -0.05) is 11.6 Å². The number of ether oxygens (including phenoxy) is 3. The molecule has 2 aromatic heterocycles. The van der Waals surface area contributed by atoms with Crippen molar-refractivity contribution in [1.29, 1.82) is 0 Å². The summed E-state index contributed by atoms with van der Waals surface area (Å²) in [6.07, 6.45) is 6.55. The fourth-order valence-electron chi connectivity index (χ4n) is 2.52. The molecule has 0 aliphatic heterocycles. The zero-order valence-electron chi connectivity index (χ0n) is 16.2. The number of anilines is 2. The van der Waals surface area contributed by atoms with Gasteiger partial charge in [0.1, 0.15) is 19.0 Å². The molecule has 1 aromatic carbocycles. The third-order valence-corrected chi connectivity index (χ3v) is 4.34. The first-order valence-corrected chi connectivity index (χ1v) is 8.97. The van der Waals surface area contributed by atoms with E-state index in [9.17, 15) is 4.79 Å². The van der Waals surface area contributed by atoms with Gasteiger partial charge in [0.15, 0.2) is 11.5 Å².